The summed E-state index contributed by atoms with van der Waals surface area (Å²) < 4.78 is 7.25. The first-order valence-electron chi connectivity index (χ1n) is 9.82. The number of anilines is 1. The van der Waals surface area contributed by atoms with E-state index in [9.17, 15) is 5.11 Å². The third-order valence-electron chi connectivity index (χ3n) is 5.03. The Morgan fingerprint density at radius 1 is 1.00 bits per heavy atom. The number of methoxy groups -OCH3 is 1. The molecule has 1 atom stereocenters. The summed E-state index contributed by atoms with van der Waals surface area (Å²) in [7, 11) is 1.66. The number of para-hydroxylation sites is 1. The van der Waals surface area contributed by atoms with Gasteiger partial charge < -0.3 is 32.1 Å². The van der Waals surface area contributed by atoms with Crippen molar-refractivity contribution in [3.8, 4) is 5.75 Å². The second kappa shape index (κ2) is 10.2. The van der Waals surface area contributed by atoms with Crippen molar-refractivity contribution in [1.29, 1.82) is 0 Å². The second-order valence-corrected chi connectivity index (χ2v) is 8.16. The van der Waals surface area contributed by atoms with Gasteiger partial charge in [0.15, 0.2) is 0 Å². The monoisotopic (exact) mass is 496 g/mol. The standard InChI is InChI=1S/C25H24N2O2S.BrH/c1-19(26-21-13-15-23(29-2)16-14-21)17-24-27(22-11-7-4-8-12-22)25(28,18-30-24)20-9-5-3-6-10-20;/h3-17,28H,18H2,1-2H3;1H. The number of ether oxygens (including phenoxy) is 1. The number of nitrogens with one attached hydrogen (secondary N) is 1. The predicted octanol–water partition coefficient (Wildman–Crippen LogP) is 2.35. The van der Waals surface area contributed by atoms with Gasteiger partial charge in [0.2, 0.25) is 10.7 Å². The van der Waals surface area contributed by atoms with E-state index in [0.717, 1.165) is 33.4 Å². The number of hydrogen-bond acceptors (Lipinski definition) is 4. The van der Waals surface area contributed by atoms with Crippen LogP contribution in [-0.2, 0) is 5.72 Å². The first-order chi connectivity index (χ1) is 14.6. The lowest BCUT2D eigenvalue weighted by Gasteiger charge is -2.20. The predicted molar refractivity (Wildman–Crippen MR) is 125 cm³/mol. The van der Waals surface area contributed by atoms with Crippen molar-refractivity contribution >= 4 is 28.2 Å². The molecule has 0 aromatic heterocycles. The van der Waals surface area contributed by atoms with Gasteiger partial charge in [-0.2, -0.15) is 4.58 Å². The number of benzene rings is 3. The first-order valence-corrected chi connectivity index (χ1v) is 10.8. The molecule has 0 aliphatic carbocycles. The van der Waals surface area contributed by atoms with Crippen LogP contribution in [0, 0.1) is 0 Å². The smallest absolute Gasteiger partial charge is 0.307 e. The van der Waals surface area contributed by atoms with E-state index >= 15 is 0 Å². The molecule has 0 saturated carbocycles. The van der Waals surface area contributed by atoms with Crippen LogP contribution in [0.2, 0.25) is 0 Å². The van der Waals surface area contributed by atoms with Gasteiger partial charge in [0.1, 0.15) is 11.5 Å². The maximum atomic E-state index is 11.7. The average Bonchev–Trinajstić information content (AvgIpc) is 3.12. The van der Waals surface area contributed by atoms with Gasteiger partial charge >= 0.3 is 5.72 Å². The minimum Gasteiger partial charge on any atom is -1.00 e. The molecule has 1 aliphatic heterocycles. The molecule has 0 amide bonds. The van der Waals surface area contributed by atoms with Crippen molar-refractivity contribution in [3.05, 3.63) is 102 Å². The summed E-state index contributed by atoms with van der Waals surface area (Å²) in [5.74, 6) is 1.37. The van der Waals surface area contributed by atoms with Crippen LogP contribution in [0.1, 0.15) is 12.5 Å². The summed E-state index contributed by atoms with van der Waals surface area (Å²) in [5.41, 5.74) is 2.70. The topological polar surface area (TPSA) is 44.5 Å². The molecular weight excluding hydrogens is 472 g/mol. The molecule has 3 aromatic carbocycles. The van der Waals surface area contributed by atoms with Crippen LogP contribution in [-0.4, -0.2) is 27.6 Å². The van der Waals surface area contributed by atoms with Gasteiger partial charge in [-0.25, -0.2) is 0 Å². The highest BCUT2D eigenvalue weighted by molar-refractivity contribution is 8.14. The second-order valence-electron chi connectivity index (χ2n) is 7.16. The maximum absolute atomic E-state index is 11.7. The minimum absolute atomic E-state index is 0. The summed E-state index contributed by atoms with van der Waals surface area (Å²) in [6, 6.07) is 27.7. The molecule has 4 nitrogen and oxygen atoms in total. The van der Waals surface area contributed by atoms with E-state index in [1.807, 2.05) is 96.4 Å². The quantitative estimate of drug-likeness (QED) is 0.514. The van der Waals surface area contributed by atoms with Crippen LogP contribution < -0.4 is 27.0 Å². The summed E-state index contributed by atoms with van der Waals surface area (Å²) in [5, 5.41) is 16.1. The molecule has 4 rings (SSSR count). The molecule has 0 saturated heterocycles. The zero-order valence-electron chi connectivity index (χ0n) is 17.5. The van der Waals surface area contributed by atoms with Crippen LogP contribution in [0.25, 0.3) is 0 Å². The van der Waals surface area contributed by atoms with Crippen LogP contribution in [0.4, 0.5) is 11.4 Å². The summed E-state index contributed by atoms with van der Waals surface area (Å²) >= 11 is 1.65. The Morgan fingerprint density at radius 3 is 2.23 bits per heavy atom. The normalized spacial score (nSPS) is 18.5. The highest BCUT2D eigenvalue weighted by atomic mass is 79.9. The zero-order chi connectivity index (χ0) is 21.0. The number of allylic oxidation sites excluding steroid dienone is 1. The fraction of sp³-hybridized carbons (Fsp3) is 0.160. The first kappa shape index (κ1) is 23.1. The van der Waals surface area contributed by atoms with Gasteiger partial charge in [-0.3, -0.25) is 0 Å². The third-order valence-corrected chi connectivity index (χ3v) is 6.18. The van der Waals surface area contributed by atoms with Crippen LogP contribution in [0.15, 0.2) is 96.7 Å². The number of hydrogen-bond donors (Lipinski definition) is 2. The fourth-order valence-corrected chi connectivity index (χ4v) is 4.84. The van der Waals surface area contributed by atoms with Crippen molar-refractivity contribution in [2.24, 2.45) is 0 Å². The lowest BCUT2D eigenvalue weighted by atomic mass is 10.0. The Morgan fingerprint density at radius 2 is 1.61 bits per heavy atom. The molecule has 1 unspecified atom stereocenters. The Labute approximate surface area is 198 Å². The number of halogens is 1. The van der Waals surface area contributed by atoms with Crippen molar-refractivity contribution in [3.63, 3.8) is 0 Å². The lowest BCUT2D eigenvalue weighted by Crippen LogP contribution is -3.00. The van der Waals surface area contributed by atoms with Crippen molar-refractivity contribution < 1.29 is 31.4 Å². The highest BCUT2D eigenvalue weighted by Gasteiger charge is 2.50. The molecule has 160 valence electrons. The minimum atomic E-state index is -1.11. The maximum Gasteiger partial charge on any atom is 0.307 e. The molecule has 1 heterocycles. The number of nitrogens with zero attached hydrogens (tertiary/aromatic N) is 1. The molecule has 2 N–H and O–H groups in total. The molecule has 0 radical (unpaired) electrons. The van der Waals surface area contributed by atoms with Gasteiger partial charge in [-0.15, -0.1) is 0 Å². The number of thioether (sulfide) groups is 1. The number of rotatable bonds is 6. The largest absolute Gasteiger partial charge is 1.00 e. The van der Waals surface area contributed by atoms with E-state index in [1.54, 1.807) is 18.9 Å². The lowest BCUT2D eigenvalue weighted by molar-refractivity contribution is -0.592. The van der Waals surface area contributed by atoms with E-state index in [1.165, 1.54) is 0 Å². The van der Waals surface area contributed by atoms with Gasteiger partial charge in [0.25, 0.3) is 0 Å². The summed E-state index contributed by atoms with van der Waals surface area (Å²) in [6.45, 7) is 2.03. The Balaban J connectivity index is 0.00000272. The average molecular weight is 497 g/mol. The van der Waals surface area contributed by atoms with Crippen LogP contribution in [0.3, 0.4) is 0 Å². The summed E-state index contributed by atoms with van der Waals surface area (Å²) in [6.07, 6.45) is 2.09. The molecule has 0 bridgehead atoms. The van der Waals surface area contributed by atoms with E-state index in [-0.39, 0.29) is 17.0 Å². The van der Waals surface area contributed by atoms with E-state index < -0.39 is 5.72 Å². The van der Waals surface area contributed by atoms with Crippen molar-refractivity contribution in [2.45, 2.75) is 12.6 Å². The fourth-order valence-electron chi connectivity index (χ4n) is 3.55. The number of aliphatic hydroxyl groups is 1. The Hall–Kier alpha value is -2.54. The SMILES string of the molecule is COc1ccc(N/C(C)=C/C2=[N+](c3ccccc3)C(O)(c3ccccc3)CS2)cc1.[Br-]. The molecule has 0 spiro atoms. The van der Waals surface area contributed by atoms with E-state index in [2.05, 4.69) is 11.4 Å². The molecule has 6 heteroatoms. The highest BCUT2D eigenvalue weighted by Crippen LogP contribution is 2.39. The molecular formula is C25H25BrN2O2S. The van der Waals surface area contributed by atoms with Crippen molar-refractivity contribution in [1.82, 2.24) is 0 Å². The van der Waals surface area contributed by atoms with Crippen LogP contribution >= 0.6 is 11.8 Å². The van der Waals surface area contributed by atoms with E-state index in [0.29, 0.717) is 5.75 Å². The van der Waals surface area contributed by atoms with E-state index in [4.69, 9.17) is 4.74 Å². The molecule has 0 fully saturated rings. The Kier molecular flexibility index (Phi) is 7.59. The zero-order valence-corrected chi connectivity index (χ0v) is 19.9. The van der Waals surface area contributed by atoms with Crippen molar-refractivity contribution in [2.75, 3.05) is 18.2 Å². The van der Waals surface area contributed by atoms with Gasteiger partial charge in [0, 0.05) is 29.6 Å². The summed E-state index contributed by atoms with van der Waals surface area (Å²) in [4.78, 5) is 0. The van der Waals surface area contributed by atoms with Crippen LogP contribution in [0.5, 0.6) is 5.75 Å². The van der Waals surface area contributed by atoms with Gasteiger partial charge in [-0.1, -0.05) is 36.4 Å². The van der Waals surface area contributed by atoms with Gasteiger partial charge in [-0.05, 0) is 55.1 Å². The molecule has 1 aliphatic rings. The molecule has 31 heavy (non-hydrogen) atoms. The molecule has 3 aromatic rings. The Bertz CT molecular complexity index is 1070. The third kappa shape index (κ3) is 5.03. The van der Waals surface area contributed by atoms with Gasteiger partial charge in [0.05, 0.1) is 12.7 Å².